The maximum atomic E-state index is 11.7. The van der Waals surface area contributed by atoms with Gasteiger partial charge in [0.1, 0.15) is 17.3 Å². The van der Waals surface area contributed by atoms with Crippen LogP contribution in [0.15, 0.2) is 47.4 Å². The molecule has 0 unspecified atom stereocenters. The van der Waals surface area contributed by atoms with Crippen LogP contribution in [0.3, 0.4) is 0 Å². The molecule has 0 aliphatic rings. The average Bonchev–Trinajstić information content (AvgIpc) is 2.66. The van der Waals surface area contributed by atoms with E-state index in [1.54, 1.807) is 12.1 Å². The van der Waals surface area contributed by atoms with Gasteiger partial charge in [0.2, 0.25) is 10.0 Å². The van der Waals surface area contributed by atoms with Gasteiger partial charge in [-0.1, -0.05) is 18.2 Å². The van der Waals surface area contributed by atoms with Crippen molar-refractivity contribution in [2.24, 2.45) is 5.14 Å². The van der Waals surface area contributed by atoms with E-state index in [4.69, 9.17) is 19.3 Å². The van der Waals surface area contributed by atoms with Gasteiger partial charge in [-0.3, -0.25) is 0 Å². The molecule has 9 heteroatoms. The standard InChI is InChI=1S/C20H28N2O5S.ClH/c1-4-26-17-7-5-6-8-18(17)27-12-11-22-15(2)13-16-9-10-19(25-3)20(14-16)28(21,23)24;/h5-10,14-15,22H,4,11-13H2,1-3H3,(H2,21,23,24);1H/p+1/t15-;/m1./s1. The molecule has 1 atom stereocenters. The fraction of sp³-hybridized carbons (Fsp3) is 0.400. The van der Waals surface area contributed by atoms with Crippen molar-refractivity contribution in [2.75, 3.05) is 26.9 Å². The summed E-state index contributed by atoms with van der Waals surface area (Å²) in [5.74, 6) is 1.69. The monoisotopic (exact) mass is 445 g/mol. The largest absolute Gasteiger partial charge is 1.00 e. The van der Waals surface area contributed by atoms with Gasteiger partial charge in [-0.15, -0.1) is 12.4 Å². The number of halogens is 1. The summed E-state index contributed by atoms with van der Waals surface area (Å²) >= 11 is 0. The number of nitrogens with two attached hydrogens (primary N) is 1. The maximum absolute atomic E-state index is 11.7. The second kappa shape index (κ2) is 11.9. The minimum absolute atomic E-state index is 0. The lowest BCUT2D eigenvalue weighted by Crippen LogP contribution is -2.32. The summed E-state index contributed by atoms with van der Waals surface area (Å²) in [7, 11) is -2.43. The Hall–Kier alpha value is -2.00. The van der Waals surface area contributed by atoms with Crippen molar-refractivity contribution >= 4 is 22.4 Å². The first-order chi connectivity index (χ1) is 13.3. The number of para-hydroxylation sites is 2. The van der Waals surface area contributed by atoms with Crippen LogP contribution in [0.4, 0.5) is 0 Å². The highest BCUT2D eigenvalue weighted by atomic mass is 35.5. The fourth-order valence-electron chi connectivity index (χ4n) is 2.81. The number of sulfonamides is 1. The molecular formula is C20H30ClN2O5S+. The van der Waals surface area contributed by atoms with Crippen molar-refractivity contribution in [3.05, 3.63) is 48.0 Å². The molecule has 0 aromatic heterocycles. The van der Waals surface area contributed by atoms with E-state index < -0.39 is 10.0 Å². The van der Waals surface area contributed by atoms with E-state index in [2.05, 4.69) is 5.32 Å². The van der Waals surface area contributed by atoms with E-state index in [0.717, 1.165) is 11.3 Å². The first-order valence-electron chi connectivity index (χ1n) is 9.13. The Bertz CT molecular complexity index is 883. The lowest BCUT2D eigenvalue weighted by atomic mass is 10.1. The summed E-state index contributed by atoms with van der Waals surface area (Å²) in [4.78, 5) is -0.00411. The summed E-state index contributed by atoms with van der Waals surface area (Å²) in [5.41, 5.74) is 0.854. The van der Waals surface area contributed by atoms with Crippen molar-refractivity contribution in [3.8, 4) is 17.2 Å². The SMILES string of the molecule is CCOc1ccccc1OCCN[C@H](C)Cc1ccc(OC)c(S(N)(=O)=O)c1.Cl.[H+]. The number of rotatable bonds is 11. The molecule has 0 aliphatic heterocycles. The normalized spacial score (nSPS) is 12.0. The zero-order valence-electron chi connectivity index (χ0n) is 17.9. The minimum Gasteiger partial charge on any atom is -0.495 e. The van der Waals surface area contributed by atoms with Gasteiger partial charge in [0.05, 0.1) is 13.7 Å². The average molecular weight is 446 g/mol. The Labute approximate surface area is 180 Å². The first kappa shape index (κ1) is 25.0. The van der Waals surface area contributed by atoms with E-state index >= 15 is 0 Å². The van der Waals surface area contributed by atoms with Gasteiger partial charge in [-0.25, -0.2) is 13.6 Å². The smallest absolute Gasteiger partial charge is 0.495 e. The van der Waals surface area contributed by atoms with E-state index in [0.29, 0.717) is 31.9 Å². The van der Waals surface area contributed by atoms with Crippen LogP contribution >= 0.6 is 12.4 Å². The van der Waals surface area contributed by atoms with Crippen molar-refractivity contribution in [1.82, 2.24) is 5.32 Å². The molecule has 0 saturated heterocycles. The van der Waals surface area contributed by atoms with E-state index in [1.165, 1.54) is 7.11 Å². The second-order valence-electron chi connectivity index (χ2n) is 6.32. The highest BCUT2D eigenvalue weighted by Crippen LogP contribution is 2.26. The highest BCUT2D eigenvalue weighted by molar-refractivity contribution is 7.89. The van der Waals surface area contributed by atoms with Gasteiger partial charge >= 0.3 is 1.43 Å². The lowest BCUT2D eigenvalue weighted by molar-refractivity contribution is 0.272. The van der Waals surface area contributed by atoms with Crippen LogP contribution in [0.5, 0.6) is 17.2 Å². The Kier molecular flexibility index (Phi) is 10.2. The summed E-state index contributed by atoms with van der Waals surface area (Å²) < 4.78 is 39.9. The molecular weight excluding hydrogens is 416 g/mol. The van der Waals surface area contributed by atoms with Crippen LogP contribution in [-0.2, 0) is 16.4 Å². The van der Waals surface area contributed by atoms with Crippen LogP contribution in [0.25, 0.3) is 0 Å². The van der Waals surface area contributed by atoms with Gasteiger partial charge in [0, 0.05) is 12.6 Å². The van der Waals surface area contributed by atoms with Gasteiger partial charge in [0.25, 0.3) is 0 Å². The lowest BCUT2D eigenvalue weighted by Gasteiger charge is -2.16. The molecule has 2 aromatic rings. The molecule has 0 saturated carbocycles. The second-order valence-corrected chi connectivity index (χ2v) is 7.85. The number of ether oxygens (including phenoxy) is 3. The number of hydrogen-bond donors (Lipinski definition) is 2. The third kappa shape index (κ3) is 7.74. The third-order valence-electron chi connectivity index (χ3n) is 4.08. The summed E-state index contributed by atoms with van der Waals surface area (Å²) in [5, 5.41) is 8.63. The number of methoxy groups -OCH3 is 1. The summed E-state index contributed by atoms with van der Waals surface area (Å²) in [6.07, 6.45) is 0.641. The van der Waals surface area contributed by atoms with Crippen LogP contribution in [-0.4, -0.2) is 41.3 Å². The molecule has 2 rings (SSSR count). The molecule has 3 N–H and O–H groups in total. The fourth-order valence-corrected chi connectivity index (χ4v) is 3.55. The van der Waals surface area contributed by atoms with Crippen LogP contribution in [0.1, 0.15) is 20.8 Å². The van der Waals surface area contributed by atoms with Crippen molar-refractivity contribution in [1.29, 1.82) is 0 Å². The number of nitrogens with one attached hydrogen (secondary N) is 1. The molecule has 2 aromatic carbocycles. The van der Waals surface area contributed by atoms with Crippen LogP contribution in [0, 0.1) is 0 Å². The molecule has 29 heavy (non-hydrogen) atoms. The van der Waals surface area contributed by atoms with Crippen molar-refractivity contribution in [2.45, 2.75) is 31.2 Å². The molecule has 0 amide bonds. The zero-order valence-corrected chi connectivity index (χ0v) is 18.5. The van der Waals surface area contributed by atoms with E-state index in [1.807, 2.05) is 44.2 Å². The Balaban J connectivity index is 0.00000420. The van der Waals surface area contributed by atoms with Gasteiger partial charge in [0.15, 0.2) is 11.5 Å². The Morgan fingerprint density at radius 1 is 1.10 bits per heavy atom. The topological polar surface area (TPSA) is 99.9 Å². The van der Waals surface area contributed by atoms with Gasteiger partial charge in [-0.05, 0) is 50.1 Å². The Morgan fingerprint density at radius 2 is 1.76 bits per heavy atom. The van der Waals surface area contributed by atoms with Gasteiger partial charge in [-0.2, -0.15) is 0 Å². The quantitative estimate of drug-likeness (QED) is 0.516. The van der Waals surface area contributed by atoms with Gasteiger partial charge < -0.3 is 19.5 Å². The summed E-state index contributed by atoms with van der Waals surface area (Å²) in [6, 6.07) is 12.7. The molecule has 0 bridgehead atoms. The number of benzene rings is 2. The molecule has 7 nitrogen and oxygen atoms in total. The zero-order chi connectivity index (χ0) is 20.6. The van der Waals surface area contributed by atoms with Crippen molar-refractivity contribution < 1.29 is 24.1 Å². The van der Waals surface area contributed by atoms with E-state index in [-0.39, 0.29) is 30.5 Å². The third-order valence-corrected chi connectivity index (χ3v) is 5.01. The van der Waals surface area contributed by atoms with Crippen LogP contribution < -0.4 is 24.7 Å². The number of hydrogen-bond acceptors (Lipinski definition) is 6. The molecule has 162 valence electrons. The number of primary sulfonamides is 1. The predicted octanol–water partition coefficient (Wildman–Crippen LogP) is 2.88. The minimum atomic E-state index is -3.84. The molecule has 0 spiro atoms. The summed E-state index contributed by atoms with van der Waals surface area (Å²) in [6.45, 7) is 5.66. The first-order valence-corrected chi connectivity index (χ1v) is 10.7. The van der Waals surface area contributed by atoms with Crippen molar-refractivity contribution in [3.63, 3.8) is 0 Å². The maximum Gasteiger partial charge on any atom is 1.00 e. The molecule has 0 radical (unpaired) electrons. The van der Waals surface area contributed by atoms with E-state index in [9.17, 15) is 8.42 Å². The Morgan fingerprint density at radius 3 is 2.34 bits per heavy atom. The molecule has 0 fully saturated rings. The molecule has 0 aliphatic carbocycles. The molecule has 0 heterocycles. The van der Waals surface area contributed by atoms with Crippen LogP contribution in [0.2, 0.25) is 0 Å². The highest BCUT2D eigenvalue weighted by Gasteiger charge is 2.16. The predicted molar refractivity (Wildman–Crippen MR) is 117 cm³/mol.